The number of hydrogen-bond donors (Lipinski definition) is 0. The van der Waals surface area contributed by atoms with Gasteiger partial charge in [0.2, 0.25) is 5.91 Å². The molecule has 2 aromatic rings. The zero-order valence-corrected chi connectivity index (χ0v) is 13.4. The summed E-state index contributed by atoms with van der Waals surface area (Å²) in [5, 5.41) is 0. The highest BCUT2D eigenvalue weighted by atomic mass is 19.1. The lowest BCUT2D eigenvalue weighted by Crippen LogP contribution is -2.51. The van der Waals surface area contributed by atoms with E-state index in [1.807, 2.05) is 6.92 Å². The van der Waals surface area contributed by atoms with Crippen molar-refractivity contribution in [2.75, 3.05) is 26.2 Å². The van der Waals surface area contributed by atoms with Crippen LogP contribution in [0.15, 0.2) is 43.0 Å². The highest BCUT2D eigenvalue weighted by Crippen LogP contribution is 2.14. The molecule has 3 rings (SSSR count). The Labute approximate surface area is 139 Å². The van der Waals surface area contributed by atoms with Crippen LogP contribution < -0.4 is 0 Å². The first-order chi connectivity index (χ1) is 11.6. The maximum Gasteiger partial charge on any atom is 0.253 e. The van der Waals surface area contributed by atoms with Gasteiger partial charge in [0.25, 0.3) is 5.91 Å². The quantitative estimate of drug-likeness (QED) is 0.858. The van der Waals surface area contributed by atoms with Crippen LogP contribution in [0.5, 0.6) is 0 Å². The zero-order valence-electron chi connectivity index (χ0n) is 13.4. The lowest BCUT2D eigenvalue weighted by molar-refractivity contribution is -0.135. The van der Waals surface area contributed by atoms with Gasteiger partial charge in [-0.3, -0.25) is 9.59 Å². The summed E-state index contributed by atoms with van der Waals surface area (Å²) in [7, 11) is 0. The van der Waals surface area contributed by atoms with Crippen LogP contribution in [0.2, 0.25) is 0 Å². The number of imidazole rings is 1. The first-order valence-electron chi connectivity index (χ1n) is 7.87. The molecule has 0 aliphatic carbocycles. The van der Waals surface area contributed by atoms with Crippen molar-refractivity contribution < 1.29 is 14.0 Å². The summed E-state index contributed by atoms with van der Waals surface area (Å²) < 4.78 is 14.7. The average molecular weight is 330 g/mol. The molecule has 1 aliphatic heterocycles. The number of amides is 2. The van der Waals surface area contributed by atoms with Gasteiger partial charge in [-0.05, 0) is 31.2 Å². The zero-order chi connectivity index (χ0) is 17.1. The van der Waals surface area contributed by atoms with Crippen molar-refractivity contribution in [1.29, 1.82) is 0 Å². The summed E-state index contributed by atoms with van der Waals surface area (Å²) in [6, 6.07) is 5.21. The third kappa shape index (κ3) is 3.29. The Balaban J connectivity index is 1.58. The molecular formula is C17H19FN4O2. The van der Waals surface area contributed by atoms with E-state index < -0.39 is 0 Å². The van der Waals surface area contributed by atoms with Crippen molar-refractivity contribution in [3.8, 4) is 0 Å². The Bertz CT molecular complexity index is 707. The summed E-state index contributed by atoms with van der Waals surface area (Å²) in [5.74, 6) is -0.484. The lowest BCUT2D eigenvalue weighted by Gasteiger charge is -2.36. The van der Waals surface area contributed by atoms with Crippen molar-refractivity contribution in [2.45, 2.75) is 13.0 Å². The van der Waals surface area contributed by atoms with Crippen LogP contribution >= 0.6 is 0 Å². The van der Waals surface area contributed by atoms with Gasteiger partial charge in [-0.15, -0.1) is 0 Å². The van der Waals surface area contributed by atoms with Crippen LogP contribution in [0.4, 0.5) is 4.39 Å². The van der Waals surface area contributed by atoms with Crippen LogP contribution in [-0.2, 0) is 4.79 Å². The molecule has 6 nitrogen and oxygen atoms in total. The highest BCUT2D eigenvalue weighted by Gasteiger charge is 2.27. The van der Waals surface area contributed by atoms with Crippen molar-refractivity contribution in [1.82, 2.24) is 19.4 Å². The Hall–Kier alpha value is -2.70. The molecule has 2 amide bonds. The summed E-state index contributed by atoms with van der Waals surface area (Å²) in [5.41, 5.74) is 0.461. The number of carbonyl (C=O) groups is 2. The number of hydrogen-bond acceptors (Lipinski definition) is 3. The molecule has 0 radical (unpaired) electrons. The number of nitrogens with zero attached hydrogens (tertiary/aromatic N) is 4. The van der Waals surface area contributed by atoms with E-state index in [-0.39, 0.29) is 23.7 Å². The molecule has 7 heteroatoms. The molecule has 0 unspecified atom stereocenters. The molecule has 0 saturated carbocycles. The van der Waals surface area contributed by atoms with Gasteiger partial charge in [0, 0.05) is 44.1 Å². The minimum atomic E-state index is -0.365. The standard InChI is InChI=1S/C17H19FN4O2/c1-13(22-7-6-19-12-22)16(23)20-8-10-21(11-9-20)17(24)14-2-4-15(18)5-3-14/h2-7,12-13H,8-11H2,1H3/t13-/m0/s1. The molecule has 1 fully saturated rings. The predicted octanol–water partition coefficient (Wildman–Crippen LogP) is 1.57. The SMILES string of the molecule is C[C@@H](C(=O)N1CCN(C(=O)c2ccc(F)cc2)CC1)n1ccnc1. The van der Waals surface area contributed by atoms with Gasteiger partial charge < -0.3 is 14.4 Å². The van der Waals surface area contributed by atoms with Gasteiger partial charge in [-0.2, -0.15) is 0 Å². The highest BCUT2D eigenvalue weighted by molar-refractivity contribution is 5.94. The minimum Gasteiger partial charge on any atom is -0.337 e. The van der Waals surface area contributed by atoms with E-state index in [4.69, 9.17) is 0 Å². The predicted molar refractivity (Wildman–Crippen MR) is 85.8 cm³/mol. The molecule has 1 aliphatic rings. The first-order valence-corrected chi connectivity index (χ1v) is 7.87. The number of benzene rings is 1. The Morgan fingerprint density at radius 1 is 1.08 bits per heavy atom. The van der Waals surface area contributed by atoms with Crippen LogP contribution in [0, 0.1) is 5.82 Å². The van der Waals surface area contributed by atoms with Gasteiger partial charge in [-0.25, -0.2) is 9.37 Å². The van der Waals surface area contributed by atoms with E-state index in [1.54, 1.807) is 33.1 Å². The summed E-state index contributed by atoms with van der Waals surface area (Å²) >= 11 is 0. The Morgan fingerprint density at radius 2 is 1.71 bits per heavy atom. The number of piperazine rings is 1. The number of rotatable bonds is 3. The van der Waals surface area contributed by atoms with Crippen molar-refractivity contribution in [2.24, 2.45) is 0 Å². The van der Waals surface area contributed by atoms with Gasteiger partial charge in [0.15, 0.2) is 0 Å². The van der Waals surface area contributed by atoms with Crippen molar-refractivity contribution in [3.63, 3.8) is 0 Å². The third-order valence-corrected chi connectivity index (χ3v) is 4.30. The second kappa shape index (κ2) is 6.82. The molecule has 0 N–H and O–H groups in total. The van der Waals surface area contributed by atoms with Gasteiger partial charge in [0.1, 0.15) is 11.9 Å². The maximum atomic E-state index is 12.9. The normalized spacial score (nSPS) is 16.1. The first kappa shape index (κ1) is 16.2. The molecule has 0 bridgehead atoms. The average Bonchev–Trinajstić information content (AvgIpc) is 3.15. The second-order valence-corrected chi connectivity index (χ2v) is 5.81. The van der Waals surface area contributed by atoms with E-state index in [9.17, 15) is 14.0 Å². The number of aromatic nitrogens is 2. The molecule has 2 heterocycles. The molecule has 1 saturated heterocycles. The molecule has 1 atom stereocenters. The Morgan fingerprint density at radius 3 is 2.29 bits per heavy atom. The second-order valence-electron chi connectivity index (χ2n) is 5.81. The smallest absolute Gasteiger partial charge is 0.253 e. The Kier molecular flexibility index (Phi) is 4.59. The fraction of sp³-hybridized carbons (Fsp3) is 0.353. The van der Waals surface area contributed by atoms with Crippen LogP contribution in [0.1, 0.15) is 23.3 Å². The molecule has 24 heavy (non-hydrogen) atoms. The molecule has 126 valence electrons. The van der Waals surface area contributed by atoms with E-state index in [0.717, 1.165) is 0 Å². The van der Waals surface area contributed by atoms with Crippen molar-refractivity contribution in [3.05, 3.63) is 54.4 Å². The molecule has 1 aromatic heterocycles. The monoisotopic (exact) mass is 330 g/mol. The van der Waals surface area contributed by atoms with E-state index in [1.165, 1.54) is 24.3 Å². The third-order valence-electron chi connectivity index (χ3n) is 4.30. The van der Waals surface area contributed by atoms with E-state index in [0.29, 0.717) is 31.7 Å². The maximum absolute atomic E-state index is 12.9. The summed E-state index contributed by atoms with van der Waals surface area (Å²) in [4.78, 5) is 32.3. The fourth-order valence-electron chi connectivity index (χ4n) is 2.80. The summed E-state index contributed by atoms with van der Waals surface area (Å²) in [6.07, 6.45) is 5.02. The van der Waals surface area contributed by atoms with Crippen LogP contribution in [-0.4, -0.2) is 57.3 Å². The van der Waals surface area contributed by atoms with Crippen molar-refractivity contribution >= 4 is 11.8 Å². The van der Waals surface area contributed by atoms with E-state index in [2.05, 4.69) is 4.98 Å². The molecular weight excluding hydrogens is 311 g/mol. The van der Waals surface area contributed by atoms with Crippen LogP contribution in [0.25, 0.3) is 0 Å². The topological polar surface area (TPSA) is 58.4 Å². The van der Waals surface area contributed by atoms with Gasteiger partial charge >= 0.3 is 0 Å². The lowest BCUT2D eigenvalue weighted by atomic mass is 10.1. The fourth-order valence-corrected chi connectivity index (χ4v) is 2.80. The molecule has 0 spiro atoms. The summed E-state index contributed by atoms with van der Waals surface area (Å²) in [6.45, 7) is 3.76. The van der Waals surface area contributed by atoms with Crippen LogP contribution in [0.3, 0.4) is 0 Å². The number of carbonyl (C=O) groups excluding carboxylic acids is 2. The largest absolute Gasteiger partial charge is 0.337 e. The minimum absolute atomic E-state index is 0.0156. The number of halogens is 1. The van der Waals surface area contributed by atoms with Gasteiger partial charge in [-0.1, -0.05) is 0 Å². The van der Waals surface area contributed by atoms with E-state index >= 15 is 0 Å². The van der Waals surface area contributed by atoms with Gasteiger partial charge in [0.05, 0.1) is 6.33 Å². The molecule has 1 aromatic carbocycles.